The summed E-state index contributed by atoms with van der Waals surface area (Å²) < 4.78 is 44.9. The summed E-state index contributed by atoms with van der Waals surface area (Å²) in [5.41, 5.74) is 0.485. The van der Waals surface area contributed by atoms with Gasteiger partial charge in [0.05, 0.1) is 16.7 Å². The summed E-state index contributed by atoms with van der Waals surface area (Å²) in [4.78, 5) is 12.4. The van der Waals surface area contributed by atoms with Crippen LogP contribution in [0.1, 0.15) is 29.8 Å². The summed E-state index contributed by atoms with van der Waals surface area (Å²) in [6.45, 7) is 3.45. The second-order valence-electron chi connectivity index (χ2n) is 5.81. The number of sulfonamides is 1. The lowest BCUT2D eigenvalue weighted by Gasteiger charge is -2.30. The van der Waals surface area contributed by atoms with E-state index in [-0.39, 0.29) is 22.3 Å². The molecule has 25 heavy (non-hydrogen) atoms. The van der Waals surface area contributed by atoms with Gasteiger partial charge in [0.1, 0.15) is 5.82 Å². The second-order valence-corrected chi connectivity index (χ2v) is 7.63. The highest BCUT2D eigenvalue weighted by Crippen LogP contribution is 2.34. The zero-order valence-corrected chi connectivity index (χ0v) is 14.5. The smallest absolute Gasteiger partial charge is 0.343 e. The summed E-state index contributed by atoms with van der Waals surface area (Å²) in [6, 6.07) is 10.9. The number of carbonyl (C=O) groups excluding carboxylic acids is 1. The summed E-state index contributed by atoms with van der Waals surface area (Å²) in [6.07, 6.45) is 1.31. The lowest BCUT2D eigenvalue weighted by atomic mass is 10.2. The summed E-state index contributed by atoms with van der Waals surface area (Å²) in [5, 5.41) is 0. The molecule has 130 valence electrons. The van der Waals surface area contributed by atoms with E-state index in [1.54, 1.807) is 32.0 Å². The summed E-state index contributed by atoms with van der Waals surface area (Å²) in [7, 11) is -3.71. The molecule has 0 aliphatic carbocycles. The largest absolute Gasteiger partial charge is 0.421 e. The predicted octanol–water partition coefficient (Wildman–Crippen LogP) is 3.39. The van der Waals surface area contributed by atoms with Gasteiger partial charge in [0.25, 0.3) is 10.0 Å². The zero-order valence-electron chi connectivity index (χ0n) is 13.6. The number of esters is 1. The number of fused-ring (bicyclic) bond motifs is 1. The van der Waals surface area contributed by atoms with Crippen molar-refractivity contribution >= 4 is 21.8 Å². The number of nitrogens with zero attached hydrogens (tertiary/aromatic N) is 1. The normalized spacial score (nSPS) is 15.5. The van der Waals surface area contributed by atoms with Gasteiger partial charge >= 0.3 is 5.97 Å². The van der Waals surface area contributed by atoms with Crippen molar-refractivity contribution in [2.24, 2.45) is 0 Å². The van der Waals surface area contributed by atoms with Crippen molar-refractivity contribution in [2.75, 3.05) is 0 Å². The first-order valence-electron chi connectivity index (χ1n) is 7.63. The van der Waals surface area contributed by atoms with Crippen LogP contribution in [0.2, 0.25) is 0 Å². The topological polar surface area (TPSA) is 63.7 Å². The molecule has 1 aliphatic rings. The van der Waals surface area contributed by atoms with Gasteiger partial charge in [-0.2, -0.15) is 0 Å². The third kappa shape index (κ3) is 3.15. The van der Waals surface area contributed by atoms with Crippen LogP contribution in [0.5, 0.6) is 0 Å². The van der Waals surface area contributed by atoms with Crippen molar-refractivity contribution in [3.63, 3.8) is 0 Å². The quantitative estimate of drug-likeness (QED) is 0.786. The maximum Gasteiger partial charge on any atom is 0.343 e. The van der Waals surface area contributed by atoms with Crippen LogP contribution in [0.15, 0.2) is 59.6 Å². The number of hydrogen-bond acceptors (Lipinski definition) is 4. The summed E-state index contributed by atoms with van der Waals surface area (Å²) >= 11 is 0. The fourth-order valence-electron chi connectivity index (χ4n) is 2.52. The Labute approximate surface area is 145 Å². The Morgan fingerprint density at radius 3 is 2.36 bits per heavy atom. The maximum atomic E-state index is 13.0. The Kier molecular flexibility index (Phi) is 4.34. The lowest BCUT2D eigenvalue weighted by molar-refractivity contribution is 0.0688. The Bertz CT molecular complexity index is 949. The van der Waals surface area contributed by atoms with Crippen LogP contribution in [0.3, 0.4) is 0 Å². The molecule has 0 unspecified atom stereocenters. The van der Waals surface area contributed by atoms with Crippen LogP contribution in [0.25, 0.3) is 5.76 Å². The van der Waals surface area contributed by atoms with Crippen molar-refractivity contribution in [1.29, 1.82) is 0 Å². The molecule has 7 heteroatoms. The number of benzene rings is 2. The number of rotatable bonds is 3. The molecule has 0 bridgehead atoms. The number of carbonyl (C=O) groups is 1. The first-order valence-corrected chi connectivity index (χ1v) is 9.07. The molecule has 1 heterocycles. The third-order valence-electron chi connectivity index (χ3n) is 3.74. The molecule has 3 rings (SSSR count). The molecule has 0 aromatic heterocycles. The van der Waals surface area contributed by atoms with Gasteiger partial charge in [-0.05, 0) is 50.2 Å². The number of hydrogen-bond donors (Lipinski definition) is 0. The van der Waals surface area contributed by atoms with Gasteiger partial charge in [0, 0.05) is 11.6 Å². The van der Waals surface area contributed by atoms with Crippen LogP contribution in [0, 0.1) is 5.82 Å². The van der Waals surface area contributed by atoms with Crippen molar-refractivity contribution in [3.05, 3.63) is 71.7 Å². The molecule has 0 N–H and O–H groups in total. The minimum Gasteiger partial charge on any atom is -0.421 e. The van der Waals surface area contributed by atoms with Crippen molar-refractivity contribution < 1.29 is 22.3 Å². The molecular formula is C18H16FNO4S. The van der Waals surface area contributed by atoms with E-state index in [0.29, 0.717) is 5.56 Å². The molecular weight excluding hydrogens is 345 g/mol. The lowest BCUT2D eigenvalue weighted by Crippen LogP contribution is -2.35. The van der Waals surface area contributed by atoms with E-state index in [2.05, 4.69) is 0 Å². The standard InChI is InChI=1S/C18H16FNO4S/c1-12(2)20-11-16(15-5-3-4-6-17(15)25(20,22)23)24-18(21)13-7-9-14(19)10-8-13/h3-12H,1-2H3. The highest BCUT2D eigenvalue weighted by molar-refractivity contribution is 7.89. The number of halogens is 1. The molecule has 0 amide bonds. The molecule has 1 aliphatic heterocycles. The Balaban J connectivity index is 2.02. The van der Waals surface area contributed by atoms with Crippen LogP contribution in [-0.2, 0) is 14.8 Å². The second kappa shape index (κ2) is 6.33. The third-order valence-corrected chi connectivity index (χ3v) is 5.74. The van der Waals surface area contributed by atoms with E-state index in [1.807, 2.05) is 0 Å². The van der Waals surface area contributed by atoms with Crippen molar-refractivity contribution in [3.8, 4) is 0 Å². The van der Waals surface area contributed by atoms with Gasteiger partial charge in [-0.1, -0.05) is 12.1 Å². The van der Waals surface area contributed by atoms with Gasteiger partial charge in [0.2, 0.25) is 0 Å². The molecule has 2 aromatic carbocycles. The number of ether oxygens (including phenoxy) is 1. The Morgan fingerprint density at radius 2 is 1.72 bits per heavy atom. The van der Waals surface area contributed by atoms with Crippen LogP contribution >= 0.6 is 0 Å². The van der Waals surface area contributed by atoms with E-state index in [9.17, 15) is 17.6 Å². The average molecular weight is 361 g/mol. The minimum atomic E-state index is -3.71. The molecule has 0 atom stereocenters. The van der Waals surface area contributed by atoms with E-state index in [1.165, 1.54) is 24.4 Å². The van der Waals surface area contributed by atoms with Gasteiger partial charge < -0.3 is 4.74 Å². The molecule has 5 nitrogen and oxygen atoms in total. The monoisotopic (exact) mass is 361 g/mol. The molecule has 0 saturated heterocycles. The van der Waals surface area contributed by atoms with E-state index in [4.69, 9.17) is 4.74 Å². The fraction of sp³-hybridized carbons (Fsp3) is 0.167. The first kappa shape index (κ1) is 17.2. The highest BCUT2D eigenvalue weighted by Gasteiger charge is 2.34. The summed E-state index contributed by atoms with van der Waals surface area (Å²) in [5.74, 6) is -1.02. The predicted molar refractivity (Wildman–Crippen MR) is 90.4 cm³/mol. The van der Waals surface area contributed by atoms with Crippen LogP contribution < -0.4 is 0 Å². The Hall–Kier alpha value is -2.67. The molecule has 2 aromatic rings. The molecule has 0 spiro atoms. The first-order chi connectivity index (χ1) is 11.8. The van der Waals surface area contributed by atoms with Crippen molar-refractivity contribution in [1.82, 2.24) is 4.31 Å². The van der Waals surface area contributed by atoms with E-state index < -0.39 is 21.8 Å². The Morgan fingerprint density at radius 1 is 1.08 bits per heavy atom. The molecule has 0 saturated carbocycles. The fourth-order valence-corrected chi connectivity index (χ4v) is 4.23. The molecule has 0 radical (unpaired) electrons. The van der Waals surface area contributed by atoms with E-state index in [0.717, 1.165) is 16.4 Å². The van der Waals surface area contributed by atoms with Gasteiger partial charge in [-0.3, -0.25) is 4.31 Å². The van der Waals surface area contributed by atoms with Gasteiger partial charge in [-0.15, -0.1) is 0 Å². The zero-order chi connectivity index (χ0) is 18.2. The average Bonchev–Trinajstić information content (AvgIpc) is 2.57. The van der Waals surface area contributed by atoms with Crippen LogP contribution in [-0.4, -0.2) is 24.7 Å². The molecule has 0 fully saturated rings. The van der Waals surface area contributed by atoms with Gasteiger partial charge in [-0.25, -0.2) is 17.6 Å². The van der Waals surface area contributed by atoms with E-state index >= 15 is 0 Å². The van der Waals surface area contributed by atoms with Crippen molar-refractivity contribution in [2.45, 2.75) is 24.8 Å². The maximum absolute atomic E-state index is 13.0. The SMILES string of the molecule is CC(C)N1C=C(OC(=O)c2ccc(F)cc2)c2ccccc2S1(=O)=O. The van der Waals surface area contributed by atoms with Crippen LogP contribution in [0.4, 0.5) is 4.39 Å². The van der Waals surface area contributed by atoms with Gasteiger partial charge in [0.15, 0.2) is 5.76 Å². The minimum absolute atomic E-state index is 0.0770. The highest BCUT2D eigenvalue weighted by atomic mass is 32.2.